The normalized spacial score (nSPS) is 29.0. The molecule has 1 aromatic heterocycles. The first kappa shape index (κ1) is 16.7. The minimum absolute atomic E-state index is 0.264. The van der Waals surface area contributed by atoms with Crippen molar-refractivity contribution in [1.82, 2.24) is 9.71 Å². The van der Waals surface area contributed by atoms with Gasteiger partial charge in [0.2, 0.25) is 10.0 Å². The molecule has 3 saturated heterocycles. The van der Waals surface area contributed by atoms with Gasteiger partial charge in [0.25, 0.3) is 0 Å². The molecule has 0 amide bonds. The van der Waals surface area contributed by atoms with Gasteiger partial charge in [-0.25, -0.2) is 13.1 Å². The van der Waals surface area contributed by atoms with Crippen LogP contribution in [0.25, 0.3) is 10.9 Å². The Labute approximate surface area is 148 Å². The topological polar surface area (TPSA) is 63.5 Å². The molecule has 2 bridgehead atoms. The molecule has 6 heteroatoms. The first-order valence-electron chi connectivity index (χ1n) is 8.89. The highest BCUT2D eigenvalue weighted by Crippen LogP contribution is 2.27. The number of fused-ring (bicyclic) bond motifs is 4. The number of aromatic nitrogens is 1. The van der Waals surface area contributed by atoms with Crippen LogP contribution >= 0.6 is 0 Å². The second kappa shape index (κ2) is 6.52. The van der Waals surface area contributed by atoms with Crippen molar-refractivity contribution in [3.63, 3.8) is 0 Å². The minimum atomic E-state index is -3.57. The Kier molecular flexibility index (Phi) is 4.35. The number of rotatable bonds is 5. The lowest BCUT2D eigenvalue weighted by molar-refractivity contribution is -0.944. The molecule has 25 heavy (non-hydrogen) atoms. The monoisotopic (exact) mass is 358 g/mol. The highest BCUT2D eigenvalue weighted by molar-refractivity contribution is 7.89. The van der Waals surface area contributed by atoms with Crippen LogP contribution in [0, 0.1) is 11.8 Å². The van der Waals surface area contributed by atoms with E-state index in [9.17, 15) is 8.42 Å². The van der Waals surface area contributed by atoms with Gasteiger partial charge in [-0.15, -0.1) is 6.58 Å². The smallest absolute Gasteiger partial charge is 0.242 e. The Morgan fingerprint density at radius 2 is 2.16 bits per heavy atom. The molecule has 5 rings (SSSR count). The number of nitrogens with one attached hydrogen (secondary N) is 2. The number of nitrogens with zero attached hydrogens (tertiary/aromatic N) is 1. The zero-order valence-corrected chi connectivity index (χ0v) is 15.0. The molecule has 3 aliphatic heterocycles. The number of quaternary nitrogens is 1. The van der Waals surface area contributed by atoms with Gasteiger partial charge in [0.05, 0.1) is 25.2 Å². The van der Waals surface area contributed by atoms with Crippen LogP contribution in [0.1, 0.15) is 12.8 Å². The Morgan fingerprint density at radius 3 is 2.92 bits per heavy atom. The van der Waals surface area contributed by atoms with E-state index in [1.54, 1.807) is 18.3 Å². The number of hydrogen-bond donors (Lipinski definition) is 2. The molecule has 5 nitrogen and oxygen atoms in total. The van der Waals surface area contributed by atoms with E-state index in [1.807, 2.05) is 18.2 Å². The van der Waals surface area contributed by atoms with Crippen LogP contribution in [-0.2, 0) is 10.0 Å². The molecule has 0 radical (unpaired) electrons. The maximum atomic E-state index is 12.8. The van der Waals surface area contributed by atoms with E-state index in [1.165, 1.54) is 11.3 Å². The Hall–Kier alpha value is -1.76. The second-order valence-electron chi connectivity index (χ2n) is 7.18. The SMILES string of the molecule is C=C[C@H]1C[NH+]2CC[C@H]1C[C@@H]2CNS(=O)(=O)c1cccc2cccnc12. The maximum absolute atomic E-state index is 12.8. The van der Waals surface area contributed by atoms with Crippen molar-refractivity contribution in [2.45, 2.75) is 23.8 Å². The molecule has 0 saturated carbocycles. The highest BCUT2D eigenvalue weighted by atomic mass is 32.2. The third-order valence-corrected chi connectivity index (χ3v) is 7.27. The standard InChI is InChI=1S/C19H23N3O2S/c1-2-14-13-22-10-8-16(14)11-17(22)12-21-25(23,24)18-7-3-5-15-6-4-9-20-19(15)18/h2-7,9,14,16-17,21H,1,8,10-13H2/p+1/t14-,16-,17+/m0/s1. The number of hydrogen-bond acceptors (Lipinski definition) is 3. The van der Waals surface area contributed by atoms with Crippen molar-refractivity contribution < 1.29 is 13.3 Å². The zero-order valence-electron chi connectivity index (χ0n) is 14.2. The quantitative estimate of drug-likeness (QED) is 0.784. The van der Waals surface area contributed by atoms with Crippen molar-refractivity contribution in [3.05, 3.63) is 49.2 Å². The summed E-state index contributed by atoms with van der Waals surface area (Å²) in [6.07, 6.45) is 6.00. The van der Waals surface area contributed by atoms with Crippen LogP contribution in [0.5, 0.6) is 0 Å². The van der Waals surface area contributed by atoms with Crippen LogP contribution in [-0.4, -0.2) is 39.1 Å². The lowest BCUT2D eigenvalue weighted by Crippen LogP contribution is -3.20. The fourth-order valence-corrected chi connectivity index (χ4v) is 5.70. The summed E-state index contributed by atoms with van der Waals surface area (Å²) in [6, 6.07) is 9.33. The predicted molar refractivity (Wildman–Crippen MR) is 97.8 cm³/mol. The molecule has 1 unspecified atom stereocenters. The van der Waals surface area contributed by atoms with Crippen LogP contribution in [0.15, 0.2) is 54.1 Å². The molecule has 4 atom stereocenters. The summed E-state index contributed by atoms with van der Waals surface area (Å²) >= 11 is 0. The van der Waals surface area contributed by atoms with Crippen molar-refractivity contribution >= 4 is 20.9 Å². The van der Waals surface area contributed by atoms with Crippen molar-refractivity contribution in [3.8, 4) is 0 Å². The molecule has 2 aromatic rings. The average Bonchev–Trinajstić information content (AvgIpc) is 2.66. The predicted octanol–water partition coefficient (Wildman–Crippen LogP) is 0.992. The molecular formula is C19H24N3O2S+. The average molecular weight is 358 g/mol. The van der Waals surface area contributed by atoms with Gasteiger partial charge in [-0.3, -0.25) is 4.98 Å². The summed E-state index contributed by atoms with van der Waals surface area (Å²) in [5.74, 6) is 1.24. The van der Waals surface area contributed by atoms with Crippen LogP contribution < -0.4 is 9.62 Å². The van der Waals surface area contributed by atoms with Gasteiger partial charge in [0, 0.05) is 30.3 Å². The number of sulfonamides is 1. The third kappa shape index (κ3) is 3.10. The summed E-state index contributed by atoms with van der Waals surface area (Å²) in [4.78, 5) is 6.04. The largest absolute Gasteiger partial charge is 0.331 e. The summed E-state index contributed by atoms with van der Waals surface area (Å²) < 4.78 is 28.5. The molecule has 4 heterocycles. The fourth-order valence-electron chi connectivity index (χ4n) is 4.44. The second-order valence-corrected chi connectivity index (χ2v) is 8.91. The highest BCUT2D eigenvalue weighted by Gasteiger charge is 2.42. The van der Waals surface area contributed by atoms with E-state index in [2.05, 4.69) is 22.4 Å². The van der Waals surface area contributed by atoms with E-state index in [-0.39, 0.29) is 4.90 Å². The first-order chi connectivity index (χ1) is 12.1. The Bertz CT molecular complexity index is 891. The van der Waals surface area contributed by atoms with E-state index >= 15 is 0 Å². The summed E-state index contributed by atoms with van der Waals surface area (Å²) in [5, 5.41) is 0.838. The van der Waals surface area contributed by atoms with Gasteiger partial charge >= 0.3 is 0 Å². The van der Waals surface area contributed by atoms with E-state index < -0.39 is 10.0 Å². The van der Waals surface area contributed by atoms with E-state index in [0.717, 1.165) is 24.9 Å². The van der Waals surface area contributed by atoms with Crippen LogP contribution in [0.3, 0.4) is 0 Å². The summed E-state index contributed by atoms with van der Waals surface area (Å²) in [7, 11) is -3.57. The van der Waals surface area contributed by atoms with Crippen LogP contribution in [0.2, 0.25) is 0 Å². The van der Waals surface area contributed by atoms with E-state index in [0.29, 0.717) is 29.9 Å². The van der Waals surface area contributed by atoms with Gasteiger partial charge in [0.1, 0.15) is 10.9 Å². The number of benzene rings is 1. The maximum Gasteiger partial charge on any atom is 0.242 e. The number of piperidine rings is 3. The van der Waals surface area contributed by atoms with Crippen LogP contribution in [0.4, 0.5) is 0 Å². The molecule has 3 aliphatic rings. The van der Waals surface area contributed by atoms with Crippen molar-refractivity contribution in [2.75, 3.05) is 19.6 Å². The molecule has 132 valence electrons. The molecule has 0 aliphatic carbocycles. The van der Waals surface area contributed by atoms with Gasteiger partial charge in [0.15, 0.2) is 0 Å². The van der Waals surface area contributed by atoms with Gasteiger partial charge in [-0.1, -0.05) is 24.3 Å². The third-order valence-electron chi connectivity index (χ3n) is 5.81. The fraction of sp³-hybridized carbons (Fsp3) is 0.421. The minimum Gasteiger partial charge on any atom is -0.331 e. The lowest BCUT2D eigenvalue weighted by Gasteiger charge is -2.46. The molecular weight excluding hydrogens is 334 g/mol. The van der Waals surface area contributed by atoms with Crippen molar-refractivity contribution in [2.24, 2.45) is 11.8 Å². The summed E-state index contributed by atoms with van der Waals surface area (Å²) in [5.41, 5.74) is 0.530. The van der Waals surface area contributed by atoms with Crippen molar-refractivity contribution in [1.29, 1.82) is 0 Å². The van der Waals surface area contributed by atoms with Gasteiger partial charge < -0.3 is 4.90 Å². The lowest BCUT2D eigenvalue weighted by atomic mass is 9.76. The zero-order chi connectivity index (χ0) is 17.4. The summed E-state index contributed by atoms with van der Waals surface area (Å²) in [6.45, 7) is 6.65. The molecule has 1 aromatic carbocycles. The number of pyridine rings is 1. The van der Waals surface area contributed by atoms with Gasteiger partial charge in [-0.05, 0) is 18.1 Å². The Balaban J connectivity index is 1.52. The molecule has 3 fully saturated rings. The van der Waals surface area contributed by atoms with Gasteiger partial charge in [-0.2, -0.15) is 0 Å². The first-order valence-corrected chi connectivity index (χ1v) is 10.4. The Morgan fingerprint density at radius 1 is 1.32 bits per heavy atom. The number of para-hydroxylation sites is 1. The molecule has 0 spiro atoms. The van der Waals surface area contributed by atoms with E-state index in [4.69, 9.17) is 0 Å². The molecule has 2 N–H and O–H groups in total.